The van der Waals surface area contributed by atoms with E-state index in [9.17, 15) is 4.57 Å². The molecule has 0 spiro atoms. The highest BCUT2D eigenvalue weighted by atomic mass is 79.9. The van der Waals surface area contributed by atoms with Crippen LogP contribution in [0.5, 0.6) is 0 Å². The second-order valence-corrected chi connectivity index (χ2v) is 5.94. The summed E-state index contributed by atoms with van der Waals surface area (Å²) in [5, 5.41) is 0.714. The Morgan fingerprint density at radius 2 is 1.71 bits per heavy atom. The molecule has 0 aromatic heterocycles. The lowest BCUT2D eigenvalue weighted by Crippen LogP contribution is -2.10. The largest absolute Gasteiger partial charge is 0.474 e. The summed E-state index contributed by atoms with van der Waals surface area (Å²) in [4.78, 5) is 0.0942. The lowest BCUT2D eigenvalue weighted by molar-refractivity contribution is 0.123. The lowest BCUT2D eigenvalue weighted by Gasteiger charge is -2.17. The van der Waals surface area contributed by atoms with Crippen LogP contribution in [0.15, 0.2) is 0 Å². The number of phosphoric ester groups is 1. The van der Waals surface area contributed by atoms with Gasteiger partial charge in [0.25, 0.3) is 0 Å². The van der Waals surface area contributed by atoms with Crippen LogP contribution in [0.25, 0.3) is 0 Å². The van der Waals surface area contributed by atoms with Crippen molar-refractivity contribution in [3.05, 3.63) is 0 Å². The van der Waals surface area contributed by atoms with Crippen LogP contribution < -0.4 is 0 Å². The van der Waals surface area contributed by atoms with Gasteiger partial charge in [-0.05, 0) is 13.8 Å². The van der Waals surface area contributed by atoms with Gasteiger partial charge in [-0.1, -0.05) is 31.9 Å². The maximum absolute atomic E-state index is 11.7. The Morgan fingerprint density at radius 1 is 1.21 bits per heavy atom. The summed E-state index contributed by atoms with van der Waals surface area (Å²) in [6, 6.07) is 0. The zero-order valence-electron chi connectivity index (χ0n) is 8.24. The molecule has 0 aliphatic rings. The van der Waals surface area contributed by atoms with E-state index in [4.69, 9.17) is 13.6 Å². The van der Waals surface area contributed by atoms with Gasteiger partial charge in [-0.3, -0.25) is 13.6 Å². The fourth-order valence-corrected chi connectivity index (χ4v) is 2.39. The van der Waals surface area contributed by atoms with Gasteiger partial charge < -0.3 is 0 Å². The van der Waals surface area contributed by atoms with Crippen LogP contribution in [-0.4, -0.2) is 30.0 Å². The minimum Gasteiger partial charge on any atom is -0.287 e. The van der Waals surface area contributed by atoms with E-state index in [0.717, 1.165) is 0 Å². The van der Waals surface area contributed by atoms with Crippen molar-refractivity contribution in [3.63, 3.8) is 0 Å². The molecule has 0 radical (unpaired) electrons. The van der Waals surface area contributed by atoms with Gasteiger partial charge in [-0.2, -0.15) is 0 Å². The Balaban J connectivity index is 4.02. The van der Waals surface area contributed by atoms with Gasteiger partial charge in [0, 0.05) is 10.2 Å². The van der Waals surface area contributed by atoms with Crippen molar-refractivity contribution in [2.45, 2.75) is 18.7 Å². The van der Waals surface area contributed by atoms with Gasteiger partial charge in [0.2, 0.25) is 0 Å². The summed E-state index contributed by atoms with van der Waals surface area (Å²) in [6.45, 7) is 4.37. The molecule has 0 aromatic carbocycles. The standard InChI is InChI=1S/C7H15Br2O4P/c1-3-11-14(10,12-4-2)13-6-7(9)5-8/h7H,3-6H2,1-2H3. The van der Waals surface area contributed by atoms with Crippen molar-refractivity contribution in [3.8, 4) is 0 Å². The van der Waals surface area contributed by atoms with Gasteiger partial charge >= 0.3 is 7.82 Å². The Labute approximate surface area is 102 Å². The first-order chi connectivity index (χ1) is 6.58. The van der Waals surface area contributed by atoms with Crippen molar-refractivity contribution < 1.29 is 18.1 Å². The summed E-state index contributed by atoms with van der Waals surface area (Å²) < 4.78 is 26.7. The third-order valence-corrected chi connectivity index (χ3v) is 5.01. The minimum atomic E-state index is -3.34. The van der Waals surface area contributed by atoms with E-state index in [-0.39, 0.29) is 11.4 Å². The van der Waals surface area contributed by atoms with Gasteiger partial charge in [-0.15, -0.1) is 0 Å². The van der Waals surface area contributed by atoms with Gasteiger partial charge in [0.05, 0.1) is 19.8 Å². The quantitative estimate of drug-likeness (QED) is 0.496. The fourth-order valence-electron chi connectivity index (χ4n) is 0.645. The first kappa shape index (κ1) is 15.1. The molecule has 14 heavy (non-hydrogen) atoms. The number of hydrogen-bond donors (Lipinski definition) is 0. The predicted molar refractivity (Wildman–Crippen MR) is 63.3 cm³/mol. The van der Waals surface area contributed by atoms with E-state index in [1.54, 1.807) is 13.8 Å². The Kier molecular flexibility index (Phi) is 8.88. The second-order valence-electron chi connectivity index (χ2n) is 2.33. The van der Waals surface area contributed by atoms with Crippen molar-refractivity contribution in [1.82, 2.24) is 0 Å². The third kappa shape index (κ3) is 6.53. The monoisotopic (exact) mass is 352 g/mol. The number of rotatable bonds is 8. The molecule has 0 saturated heterocycles. The van der Waals surface area contributed by atoms with E-state index >= 15 is 0 Å². The highest BCUT2D eigenvalue weighted by Crippen LogP contribution is 2.49. The minimum absolute atomic E-state index is 0.0942. The molecule has 0 heterocycles. The van der Waals surface area contributed by atoms with Crippen LogP contribution in [0.4, 0.5) is 0 Å². The Morgan fingerprint density at radius 3 is 2.07 bits per heavy atom. The molecule has 0 aliphatic heterocycles. The molecule has 0 fully saturated rings. The van der Waals surface area contributed by atoms with Crippen LogP contribution >= 0.6 is 39.7 Å². The average molecular weight is 354 g/mol. The molecule has 7 heteroatoms. The number of halogens is 2. The van der Waals surface area contributed by atoms with E-state index in [2.05, 4.69) is 31.9 Å². The second kappa shape index (κ2) is 8.25. The molecule has 0 amide bonds. The van der Waals surface area contributed by atoms with E-state index < -0.39 is 7.82 Å². The number of hydrogen-bond acceptors (Lipinski definition) is 4. The highest BCUT2D eigenvalue weighted by Gasteiger charge is 2.26. The summed E-state index contributed by atoms with van der Waals surface area (Å²) in [6.07, 6.45) is 0. The van der Waals surface area contributed by atoms with Gasteiger partial charge in [-0.25, -0.2) is 4.57 Å². The summed E-state index contributed by atoms with van der Waals surface area (Å²) in [5.41, 5.74) is 0. The first-order valence-corrected chi connectivity index (χ1v) is 7.81. The Bertz CT molecular complexity index is 181. The molecule has 0 aromatic rings. The molecule has 0 bridgehead atoms. The highest BCUT2D eigenvalue weighted by molar-refractivity contribution is 9.12. The van der Waals surface area contributed by atoms with Crippen molar-refractivity contribution in [2.75, 3.05) is 25.2 Å². The molecule has 0 saturated carbocycles. The summed E-state index contributed by atoms with van der Waals surface area (Å²) in [5.74, 6) is 0. The lowest BCUT2D eigenvalue weighted by atomic mass is 10.5. The van der Waals surface area contributed by atoms with Crippen LogP contribution in [-0.2, 0) is 18.1 Å². The van der Waals surface area contributed by atoms with E-state index in [1.165, 1.54) is 0 Å². The maximum atomic E-state index is 11.7. The zero-order chi connectivity index (χ0) is 11.0. The fraction of sp³-hybridized carbons (Fsp3) is 1.00. The molecular weight excluding hydrogens is 339 g/mol. The molecular formula is C7H15Br2O4P. The van der Waals surface area contributed by atoms with Crippen molar-refractivity contribution >= 4 is 39.7 Å². The molecule has 0 rings (SSSR count). The summed E-state index contributed by atoms with van der Waals surface area (Å²) in [7, 11) is -3.34. The number of alkyl halides is 2. The van der Waals surface area contributed by atoms with E-state index in [0.29, 0.717) is 18.5 Å². The van der Waals surface area contributed by atoms with Gasteiger partial charge in [0.1, 0.15) is 0 Å². The van der Waals surface area contributed by atoms with Crippen LogP contribution in [0.1, 0.15) is 13.8 Å². The van der Waals surface area contributed by atoms with Crippen LogP contribution in [0, 0.1) is 0 Å². The Hall–Kier alpha value is 1.07. The topological polar surface area (TPSA) is 44.8 Å². The summed E-state index contributed by atoms with van der Waals surface area (Å²) >= 11 is 6.59. The smallest absolute Gasteiger partial charge is 0.287 e. The van der Waals surface area contributed by atoms with Crippen LogP contribution in [0.3, 0.4) is 0 Å². The number of phosphoric acid groups is 1. The van der Waals surface area contributed by atoms with E-state index in [1.807, 2.05) is 0 Å². The van der Waals surface area contributed by atoms with Gasteiger partial charge in [0.15, 0.2) is 0 Å². The molecule has 86 valence electrons. The predicted octanol–water partition coefficient (Wildman–Crippen LogP) is 3.34. The molecule has 0 aliphatic carbocycles. The SMILES string of the molecule is CCOP(=O)(OCC)OCC(Br)CBr. The molecule has 1 atom stereocenters. The molecule has 0 N–H and O–H groups in total. The van der Waals surface area contributed by atoms with Crippen molar-refractivity contribution in [2.24, 2.45) is 0 Å². The zero-order valence-corrected chi connectivity index (χ0v) is 12.3. The molecule has 4 nitrogen and oxygen atoms in total. The average Bonchev–Trinajstić information content (AvgIpc) is 2.15. The normalized spacial score (nSPS) is 14.3. The molecule has 1 unspecified atom stereocenters. The third-order valence-electron chi connectivity index (χ3n) is 1.16. The first-order valence-electron chi connectivity index (χ1n) is 4.31. The van der Waals surface area contributed by atoms with Crippen LogP contribution in [0.2, 0.25) is 0 Å². The maximum Gasteiger partial charge on any atom is 0.474 e. The van der Waals surface area contributed by atoms with Crippen molar-refractivity contribution in [1.29, 1.82) is 0 Å².